The lowest BCUT2D eigenvalue weighted by atomic mass is 9.86. The van der Waals surface area contributed by atoms with Crippen LogP contribution in [-0.4, -0.2) is 44.6 Å². The summed E-state index contributed by atoms with van der Waals surface area (Å²) >= 11 is 1.38. The molecule has 0 aliphatic heterocycles. The van der Waals surface area contributed by atoms with Crippen LogP contribution in [0.2, 0.25) is 0 Å². The first-order chi connectivity index (χ1) is 15.2. The number of aromatic nitrogens is 4. The number of methoxy groups -OCH3 is 1. The van der Waals surface area contributed by atoms with Gasteiger partial charge >= 0.3 is 0 Å². The lowest BCUT2D eigenvalue weighted by molar-refractivity contribution is -0.119. The van der Waals surface area contributed by atoms with Crippen molar-refractivity contribution in [2.75, 3.05) is 12.9 Å². The highest BCUT2D eigenvalue weighted by molar-refractivity contribution is 7.99. The molecule has 7 nitrogen and oxygen atoms in total. The fourth-order valence-electron chi connectivity index (χ4n) is 3.99. The van der Waals surface area contributed by atoms with Crippen LogP contribution in [0.4, 0.5) is 0 Å². The highest BCUT2D eigenvalue weighted by Crippen LogP contribution is 2.32. The Kier molecular flexibility index (Phi) is 6.86. The molecule has 1 amide bonds. The molecular weight excluding hydrogens is 410 g/mol. The Hall–Kier alpha value is -2.87. The summed E-state index contributed by atoms with van der Waals surface area (Å²) in [4.78, 5) is 16.8. The van der Waals surface area contributed by atoms with Crippen molar-refractivity contribution in [2.45, 2.75) is 43.8 Å². The fourth-order valence-corrected chi connectivity index (χ4v) is 4.75. The van der Waals surface area contributed by atoms with Crippen LogP contribution in [0.15, 0.2) is 53.9 Å². The predicted molar refractivity (Wildman–Crippen MR) is 121 cm³/mol. The maximum absolute atomic E-state index is 12.7. The number of hydrogen-bond donors (Lipinski definition) is 1. The Morgan fingerprint density at radius 3 is 2.71 bits per heavy atom. The van der Waals surface area contributed by atoms with Crippen LogP contribution in [0, 0.1) is 5.92 Å². The van der Waals surface area contributed by atoms with Gasteiger partial charge in [0, 0.05) is 24.0 Å². The first-order valence-electron chi connectivity index (χ1n) is 10.6. The van der Waals surface area contributed by atoms with E-state index in [1.165, 1.54) is 31.0 Å². The van der Waals surface area contributed by atoms with Gasteiger partial charge < -0.3 is 10.1 Å². The Labute approximate surface area is 186 Å². The summed E-state index contributed by atoms with van der Waals surface area (Å²) in [6.45, 7) is 2.22. The smallest absolute Gasteiger partial charge is 0.230 e. The van der Waals surface area contributed by atoms with Crippen molar-refractivity contribution in [2.24, 2.45) is 5.92 Å². The molecule has 1 aromatic carbocycles. The van der Waals surface area contributed by atoms with Crippen molar-refractivity contribution in [3.8, 4) is 22.8 Å². The highest BCUT2D eigenvalue weighted by atomic mass is 32.2. The van der Waals surface area contributed by atoms with Gasteiger partial charge in [-0.1, -0.05) is 43.7 Å². The van der Waals surface area contributed by atoms with Gasteiger partial charge in [0.2, 0.25) is 5.91 Å². The number of ether oxygens (including phenoxy) is 1. The normalized spacial score (nSPS) is 18.5. The van der Waals surface area contributed by atoms with Gasteiger partial charge in [0.1, 0.15) is 5.75 Å². The molecule has 162 valence electrons. The Morgan fingerprint density at radius 1 is 1.16 bits per heavy atom. The second-order valence-electron chi connectivity index (χ2n) is 7.77. The highest BCUT2D eigenvalue weighted by Gasteiger charge is 2.24. The topological polar surface area (TPSA) is 81.9 Å². The summed E-state index contributed by atoms with van der Waals surface area (Å²) in [5.74, 6) is 2.23. The summed E-state index contributed by atoms with van der Waals surface area (Å²) in [5, 5.41) is 12.7. The van der Waals surface area contributed by atoms with Gasteiger partial charge in [-0.3, -0.25) is 14.3 Å². The standard InChI is InChI=1S/C23H27N5O2S/c1-16-7-3-4-8-18(16)25-21(29)15-31-23-27-26-22(17-11-13-24-14-12-17)28(23)19-9-5-6-10-20(19)30-2/h5-6,9-14,16,18H,3-4,7-8,15H2,1-2H3,(H,25,29)/t16-,18-/m1/s1. The van der Waals surface area contributed by atoms with Crippen molar-refractivity contribution in [3.05, 3.63) is 48.8 Å². The summed E-state index contributed by atoms with van der Waals surface area (Å²) in [7, 11) is 1.64. The SMILES string of the molecule is COc1ccccc1-n1c(SCC(=O)N[C@@H]2CCCC[C@H]2C)nnc1-c1ccncc1. The molecule has 0 spiro atoms. The maximum Gasteiger partial charge on any atom is 0.230 e. The number of pyridine rings is 1. The monoisotopic (exact) mass is 437 g/mol. The number of para-hydroxylation sites is 2. The minimum absolute atomic E-state index is 0.0313. The Balaban J connectivity index is 1.59. The zero-order valence-electron chi connectivity index (χ0n) is 17.8. The molecule has 2 aromatic heterocycles. The molecule has 0 unspecified atom stereocenters. The van der Waals surface area contributed by atoms with Crippen LogP contribution in [0.25, 0.3) is 17.1 Å². The molecule has 2 atom stereocenters. The lowest BCUT2D eigenvalue weighted by Crippen LogP contribution is -2.41. The van der Waals surface area contributed by atoms with E-state index in [-0.39, 0.29) is 17.7 Å². The molecule has 0 bridgehead atoms. The zero-order valence-corrected chi connectivity index (χ0v) is 18.6. The fraction of sp³-hybridized carbons (Fsp3) is 0.391. The number of benzene rings is 1. The minimum atomic E-state index is 0.0313. The molecule has 2 heterocycles. The van der Waals surface area contributed by atoms with Crippen LogP contribution >= 0.6 is 11.8 Å². The van der Waals surface area contributed by atoms with E-state index < -0.39 is 0 Å². The molecule has 4 rings (SSSR count). The van der Waals surface area contributed by atoms with E-state index in [9.17, 15) is 4.79 Å². The Bertz CT molecular complexity index is 1020. The largest absolute Gasteiger partial charge is 0.495 e. The molecule has 31 heavy (non-hydrogen) atoms. The van der Waals surface area contributed by atoms with Crippen LogP contribution in [-0.2, 0) is 4.79 Å². The summed E-state index contributed by atoms with van der Waals surface area (Å²) in [6.07, 6.45) is 8.11. The van der Waals surface area contributed by atoms with E-state index in [1.54, 1.807) is 19.5 Å². The van der Waals surface area contributed by atoms with Crippen molar-refractivity contribution >= 4 is 17.7 Å². The summed E-state index contributed by atoms with van der Waals surface area (Å²) in [5.41, 5.74) is 1.71. The first-order valence-corrected chi connectivity index (χ1v) is 11.6. The molecule has 0 saturated heterocycles. The molecule has 1 N–H and O–H groups in total. The second kappa shape index (κ2) is 9.96. The van der Waals surface area contributed by atoms with Gasteiger partial charge in [-0.2, -0.15) is 0 Å². The van der Waals surface area contributed by atoms with Gasteiger partial charge in [0.05, 0.1) is 18.6 Å². The van der Waals surface area contributed by atoms with Crippen molar-refractivity contribution in [3.63, 3.8) is 0 Å². The van der Waals surface area contributed by atoms with Crippen molar-refractivity contribution in [1.29, 1.82) is 0 Å². The maximum atomic E-state index is 12.7. The van der Waals surface area contributed by atoms with Crippen molar-refractivity contribution in [1.82, 2.24) is 25.1 Å². The van der Waals surface area contributed by atoms with Gasteiger partial charge in [-0.05, 0) is 43.0 Å². The van der Waals surface area contributed by atoms with E-state index in [0.29, 0.717) is 22.6 Å². The molecule has 0 radical (unpaired) electrons. The number of hydrogen-bond acceptors (Lipinski definition) is 6. The average Bonchev–Trinajstić information content (AvgIpc) is 3.23. The van der Waals surface area contributed by atoms with Gasteiger partial charge in [-0.15, -0.1) is 10.2 Å². The second-order valence-corrected chi connectivity index (χ2v) is 8.72. The first kappa shape index (κ1) is 21.4. The van der Waals surface area contributed by atoms with Gasteiger partial charge in [-0.25, -0.2) is 0 Å². The van der Waals surface area contributed by atoms with Crippen LogP contribution in [0.3, 0.4) is 0 Å². The van der Waals surface area contributed by atoms with Gasteiger partial charge in [0.25, 0.3) is 0 Å². The number of nitrogens with zero attached hydrogens (tertiary/aromatic N) is 4. The Morgan fingerprint density at radius 2 is 1.94 bits per heavy atom. The summed E-state index contributed by atoms with van der Waals surface area (Å²) < 4.78 is 7.52. The number of rotatable bonds is 7. The minimum Gasteiger partial charge on any atom is -0.495 e. The number of carbonyl (C=O) groups excluding carboxylic acids is 1. The average molecular weight is 438 g/mol. The zero-order chi connectivity index (χ0) is 21.6. The molecule has 1 aliphatic carbocycles. The third-order valence-electron chi connectivity index (χ3n) is 5.69. The number of amides is 1. The quantitative estimate of drug-likeness (QED) is 0.560. The van der Waals surface area contributed by atoms with E-state index in [2.05, 4.69) is 27.4 Å². The third kappa shape index (κ3) is 4.90. The van der Waals surface area contributed by atoms with Crippen LogP contribution in [0.5, 0.6) is 5.75 Å². The third-order valence-corrected chi connectivity index (χ3v) is 6.62. The number of carbonyl (C=O) groups is 1. The van der Waals surface area contributed by atoms with E-state index >= 15 is 0 Å². The van der Waals surface area contributed by atoms with Crippen molar-refractivity contribution < 1.29 is 9.53 Å². The van der Waals surface area contributed by atoms with E-state index in [0.717, 1.165) is 17.7 Å². The van der Waals surface area contributed by atoms with Crippen LogP contribution < -0.4 is 10.1 Å². The number of nitrogens with one attached hydrogen (secondary N) is 1. The molecule has 1 aliphatic rings. The number of thioether (sulfide) groups is 1. The molecule has 1 fully saturated rings. The molecule has 8 heteroatoms. The van der Waals surface area contributed by atoms with Gasteiger partial charge in [0.15, 0.2) is 11.0 Å². The molecule has 1 saturated carbocycles. The predicted octanol–water partition coefficient (Wildman–Crippen LogP) is 4.12. The van der Waals surface area contributed by atoms with Crippen LogP contribution in [0.1, 0.15) is 32.6 Å². The molecule has 3 aromatic rings. The summed E-state index contributed by atoms with van der Waals surface area (Å²) in [6, 6.07) is 11.8. The van der Waals surface area contributed by atoms with E-state index in [1.807, 2.05) is 41.0 Å². The molecular formula is C23H27N5O2S. The lowest BCUT2D eigenvalue weighted by Gasteiger charge is -2.29. The van der Waals surface area contributed by atoms with E-state index in [4.69, 9.17) is 4.74 Å².